The highest BCUT2D eigenvalue weighted by Crippen LogP contribution is 2.43. The first-order valence-electron chi connectivity index (χ1n) is 8.36. The van der Waals surface area contributed by atoms with Crippen molar-refractivity contribution in [2.75, 3.05) is 6.61 Å². The maximum atomic E-state index is 9.59. The van der Waals surface area contributed by atoms with Gasteiger partial charge in [-0.25, -0.2) is 0 Å². The molecule has 1 aromatic carbocycles. The number of nitrogens with two attached hydrogens (primary N) is 1. The van der Waals surface area contributed by atoms with E-state index in [2.05, 4.69) is 30.1 Å². The third-order valence-corrected chi connectivity index (χ3v) is 4.28. The Labute approximate surface area is 147 Å². The predicted molar refractivity (Wildman–Crippen MR) is 94.0 cm³/mol. The minimum Gasteiger partial charge on any atom is -0.494 e. The first kappa shape index (κ1) is 16.9. The van der Waals surface area contributed by atoms with Crippen molar-refractivity contribution in [3.8, 4) is 17.7 Å². The van der Waals surface area contributed by atoms with E-state index in [0.717, 1.165) is 29.0 Å². The van der Waals surface area contributed by atoms with Crippen LogP contribution in [0.5, 0.6) is 11.6 Å². The maximum absolute atomic E-state index is 9.59. The van der Waals surface area contributed by atoms with E-state index in [0.29, 0.717) is 24.0 Å². The Balaban J connectivity index is 1.97. The van der Waals surface area contributed by atoms with Crippen LogP contribution in [-0.2, 0) is 0 Å². The van der Waals surface area contributed by atoms with Gasteiger partial charge in [0, 0.05) is 11.3 Å². The van der Waals surface area contributed by atoms with Crippen LogP contribution in [0.15, 0.2) is 35.7 Å². The molecule has 0 saturated heterocycles. The molecule has 0 fully saturated rings. The molecule has 6 heteroatoms. The normalized spacial score (nSPS) is 16.4. The minimum atomic E-state index is -0.318. The van der Waals surface area contributed by atoms with Gasteiger partial charge in [0.15, 0.2) is 0 Å². The SMILES string of the molecule is Cc1[nH]nc2c1[C@@H](c1cccc(OCCC(C)C)c1)C(C#N)=C(N)O2. The quantitative estimate of drug-likeness (QED) is 0.871. The molecule has 0 amide bonds. The smallest absolute Gasteiger partial charge is 0.244 e. The summed E-state index contributed by atoms with van der Waals surface area (Å²) in [5, 5.41) is 16.6. The topological polar surface area (TPSA) is 97.0 Å². The third kappa shape index (κ3) is 3.31. The number of nitrogens with zero attached hydrogens (tertiary/aromatic N) is 2. The lowest BCUT2D eigenvalue weighted by molar-refractivity contribution is 0.289. The molecule has 2 heterocycles. The van der Waals surface area contributed by atoms with Crippen LogP contribution >= 0.6 is 0 Å². The van der Waals surface area contributed by atoms with Gasteiger partial charge in [-0.2, -0.15) is 5.26 Å². The minimum absolute atomic E-state index is 0.0950. The van der Waals surface area contributed by atoms with Crippen LogP contribution in [0.25, 0.3) is 0 Å². The first-order valence-corrected chi connectivity index (χ1v) is 8.36. The fourth-order valence-electron chi connectivity index (χ4n) is 2.93. The molecule has 0 radical (unpaired) electrons. The van der Waals surface area contributed by atoms with Crippen LogP contribution in [-0.4, -0.2) is 16.8 Å². The fourth-order valence-corrected chi connectivity index (χ4v) is 2.93. The molecule has 0 aliphatic carbocycles. The van der Waals surface area contributed by atoms with E-state index in [1.165, 1.54) is 0 Å². The van der Waals surface area contributed by atoms with E-state index in [-0.39, 0.29) is 11.8 Å². The van der Waals surface area contributed by atoms with Gasteiger partial charge in [-0.3, -0.25) is 5.10 Å². The zero-order valence-corrected chi connectivity index (χ0v) is 14.7. The molecule has 0 bridgehead atoms. The van der Waals surface area contributed by atoms with E-state index in [1.807, 2.05) is 31.2 Å². The Morgan fingerprint density at radius 2 is 2.24 bits per heavy atom. The summed E-state index contributed by atoms with van der Waals surface area (Å²) in [4.78, 5) is 0. The standard InChI is InChI=1S/C19H22N4O2/c1-11(2)7-8-24-14-6-4-5-13(9-14)17-15(10-20)18(21)25-19-16(17)12(3)22-23-19/h4-6,9,11,17H,7-8,21H2,1-3H3,(H,22,23)/t17-/m0/s1. The Morgan fingerprint density at radius 1 is 1.44 bits per heavy atom. The lowest BCUT2D eigenvalue weighted by Gasteiger charge is -2.24. The van der Waals surface area contributed by atoms with Gasteiger partial charge in [-0.1, -0.05) is 26.0 Å². The number of nitriles is 1. The van der Waals surface area contributed by atoms with Crippen molar-refractivity contribution in [2.45, 2.75) is 33.1 Å². The number of nitrogens with one attached hydrogen (secondary N) is 1. The van der Waals surface area contributed by atoms with Crippen molar-refractivity contribution < 1.29 is 9.47 Å². The summed E-state index contributed by atoms with van der Waals surface area (Å²) in [5.41, 5.74) is 8.95. The number of benzene rings is 1. The van der Waals surface area contributed by atoms with Crippen LogP contribution in [0, 0.1) is 24.2 Å². The average molecular weight is 338 g/mol. The third-order valence-electron chi connectivity index (χ3n) is 4.28. The van der Waals surface area contributed by atoms with Crippen LogP contribution in [0.1, 0.15) is 43.0 Å². The van der Waals surface area contributed by atoms with Gasteiger partial charge in [-0.15, -0.1) is 5.10 Å². The van der Waals surface area contributed by atoms with E-state index in [1.54, 1.807) is 0 Å². The van der Waals surface area contributed by atoms with E-state index in [9.17, 15) is 5.26 Å². The molecule has 0 saturated carbocycles. The number of H-pyrrole nitrogens is 1. The molecular weight excluding hydrogens is 316 g/mol. The second-order valence-corrected chi connectivity index (χ2v) is 6.60. The molecule has 1 aromatic heterocycles. The number of aryl methyl sites for hydroxylation is 1. The predicted octanol–water partition coefficient (Wildman–Crippen LogP) is 3.36. The number of ether oxygens (including phenoxy) is 2. The van der Waals surface area contributed by atoms with Crippen molar-refractivity contribution in [1.29, 1.82) is 5.26 Å². The van der Waals surface area contributed by atoms with E-state index >= 15 is 0 Å². The zero-order chi connectivity index (χ0) is 18.0. The summed E-state index contributed by atoms with van der Waals surface area (Å²) in [6.45, 7) is 6.89. The van der Waals surface area contributed by atoms with E-state index in [4.69, 9.17) is 15.2 Å². The van der Waals surface area contributed by atoms with Gasteiger partial charge in [0.25, 0.3) is 0 Å². The Hall–Kier alpha value is -2.94. The largest absolute Gasteiger partial charge is 0.494 e. The van der Waals surface area contributed by atoms with E-state index < -0.39 is 0 Å². The molecule has 0 unspecified atom stereocenters. The summed E-state index contributed by atoms with van der Waals surface area (Å²) >= 11 is 0. The number of rotatable bonds is 5. The molecule has 2 aromatic rings. The molecular formula is C19H22N4O2. The van der Waals surface area contributed by atoms with Crippen LogP contribution in [0.4, 0.5) is 0 Å². The summed E-state index contributed by atoms with van der Waals surface area (Å²) in [6.07, 6.45) is 0.989. The zero-order valence-electron chi connectivity index (χ0n) is 14.7. The lowest BCUT2D eigenvalue weighted by Crippen LogP contribution is -2.21. The summed E-state index contributed by atoms with van der Waals surface area (Å²) < 4.78 is 11.3. The number of aromatic nitrogens is 2. The summed E-state index contributed by atoms with van der Waals surface area (Å²) in [7, 11) is 0. The first-order chi connectivity index (χ1) is 12.0. The molecule has 130 valence electrons. The highest BCUT2D eigenvalue weighted by Gasteiger charge is 2.34. The average Bonchev–Trinajstić information content (AvgIpc) is 2.94. The summed E-state index contributed by atoms with van der Waals surface area (Å²) in [6, 6.07) is 9.95. The molecule has 1 aliphatic heterocycles. The van der Waals surface area contributed by atoms with Crippen molar-refractivity contribution in [3.63, 3.8) is 0 Å². The Bertz CT molecular complexity index is 845. The summed E-state index contributed by atoms with van der Waals surface area (Å²) in [5.74, 6) is 1.56. The maximum Gasteiger partial charge on any atom is 0.244 e. The van der Waals surface area contributed by atoms with Crippen molar-refractivity contribution >= 4 is 0 Å². The molecule has 3 N–H and O–H groups in total. The second kappa shape index (κ2) is 6.89. The van der Waals surface area contributed by atoms with Crippen LogP contribution < -0.4 is 15.2 Å². The highest BCUT2D eigenvalue weighted by atomic mass is 16.5. The number of hydrogen-bond acceptors (Lipinski definition) is 5. The van der Waals surface area contributed by atoms with Gasteiger partial charge in [0.05, 0.1) is 12.5 Å². The number of hydrogen-bond donors (Lipinski definition) is 2. The second-order valence-electron chi connectivity index (χ2n) is 6.60. The van der Waals surface area contributed by atoms with Crippen LogP contribution in [0.2, 0.25) is 0 Å². The van der Waals surface area contributed by atoms with Crippen molar-refractivity contribution in [1.82, 2.24) is 10.2 Å². The number of allylic oxidation sites excluding steroid dienone is 1. The fraction of sp³-hybridized carbons (Fsp3) is 0.368. The van der Waals surface area contributed by atoms with Crippen molar-refractivity contribution in [2.24, 2.45) is 11.7 Å². The molecule has 6 nitrogen and oxygen atoms in total. The van der Waals surface area contributed by atoms with Gasteiger partial charge < -0.3 is 15.2 Å². The van der Waals surface area contributed by atoms with Gasteiger partial charge in [0.1, 0.15) is 17.4 Å². The molecule has 3 rings (SSSR count). The lowest BCUT2D eigenvalue weighted by atomic mass is 9.84. The molecule has 1 atom stereocenters. The highest BCUT2D eigenvalue weighted by molar-refractivity contribution is 5.55. The number of aromatic amines is 1. The molecule has 1 aliphatic rings. The van der Waals surface area contributed by atoms with Crippen LogP contribution in [0.3, 0.4) is 0 Å². The molecule has 0 spiro atoms. The van der Waals surface area contributed by atoms with Gasteiger partial charge in [0.2, 0.25) is 11.8 Å². The van der Waals surface area contributed by atoms with Gasteiger partial charge >= 0.3 is 0 Å². The Morgan fingerprint density at radius 3 is 2.96 bits per heavy atom. The number of fused-ring (bicyclic) bond motifs is 1. The van der Waals surface area contributed by atoms with Crippen molar-refractivity contribution in [3.05, 3.63) is 52.5 Å². The van der Waals surface area contributed by atoms with Gasteiger partial charge in [-0.05, 0) is 37.0 Å². The monoisotopic (exact) mass is 338 g/mol. The molecule has 25 heavy (non-hydrogen) atoms. The Kier molecular flexibility index (Phi) is 4.66.